The van der Waals surface area contributed by atoms with E-state index in [0.29, 0.717) is 10.8 Å². The molecular formula is C15H22Cl2N2O2. The van der Waals surface area contributed by atoms with E-state index in [4.69, 9.17) is 16.3 Å². The fourth-order valence-corrected chi connectivity index (χ4v) is 2.61. The highest BCUT2D eigenvalue weighted by Gasteiger charge is 2.28. The van der Waals surface area contributed by atoms with Crippen molar-refractivity contribution in [3.8, 4) is 5.75 Å². The average Bonchev–Trinajstić information content (AvgIpc) is 2.41. The average molecular weight is 333 g/mol. The van der Waals surface area contributed by atoms with E-state index in [1.807, 2.05) is 30.9 Å². The van der Waals surface area contributed by atoms with Crippen LogP contribution < -0.4 is 10.1 Å². The third-order valence-corrected chi connectivity index (χ3v) is 3.81. The molecule has 0 aliphatic carbocycles. The molecule has 1 unspecified atom stereocenters. The third kappa shape index (κ3) is 4.50. The number of nitrogens with one attached hydrogen (secondary N) is 1. The molecule has 2 atom stereocenters. The van der Waals surface area contributed by atoms with Gasteiger partial charge in [-0.2, -0.15) is 0 Å². The van der Waals surface area contributed by atoms with Gasteiger partial charge in [0.05, 0.1) is 0 Å². The van der Waals surface area contributed by atoms with Crippen LogP contribution in [-0.2, 0) is 4.79 Å². The summed E-state index contributed by atoms with van der Waals surface area (Å²) in [6.07, 6.45) is -0.490. The number of amides is 1. The first-order valence-electron chi connectivity index (χ1n) is 6.93. The molecule has 1 fully saturated rings. The van der Waals surface area contributed by atoms with Crippen LogP contribution in [0.4, 0.5) is 0 Å². The summed E-state index contributed by atoms with van der Waals surface area (Å²) in [4.78, 5) is 14.3. The monoisotopic (exact) mass is 332 g/mol. The Kier molecular flexibility index (Phi) is 6.78. The summed E-state index contributed by atoms with van der Waals surface area (Å²) in [5.41, 5.74) is 0.936. The molecule has 0 spiro atoms. The standard InChI is InChI=1S/C15H21ClN2O2.ClH/c1-10-8-13(16)4-5-14(10)20-12(3)15(19)18-7-6-17-9-11(18)2;/h4-5,8,11-12,17H,6-7,9H2,1-3H3;1H/t11-,12?;/m1./s1. The van der Waals surface area contributed by atoms with Crippen molar-refractivity contribution in [3.05, 3.63) is 28.8 Å². The Morgan fingerprint density at radius 2 is 2.24 bits per heavy atom. The summed E-state index contributed by atoms with van der Waals surface area (Å²) in [7, 11) is 0. The summed E-state index contributed by atoms with van der Waals surface area (Å²) in [6.45, 7) is 8.16. The molecule has 1 heterocycles. The Balaban J connectivity index is 0.00000220. The molecule has 2 rings (SSSR count). The molecule has 21 heavy (non-hydrogen) atoms. The molecule has 0 radical (unpaired) electrons. The van der Waals surface area contributed by atoms with E-state index in [-0.39, 0.29) is 24.4 Å². The maximum atomic E-state index is 12.4. The zero-order valence-corrected chi connectivity index (χ0v) is 14.1. The lowest BCUT2D eigenvalue weighted by Crippen LogP contribution is -2.55. The number of hydrogen-bond donors (Lipinski definition) is 1. The first-order chi connectivity index (χ1) is 9.49. The van der Waals surface area contributed by atoms with E-state index in [0.717, 1.165) is 25.2 Å². The minimum atomic E-state index is -0.490. The van der Waals surface area contributed by atoms with Crippen LogP contribution in [0.1, 0.15) is 19.4 Å². The number of hydrogen-bond acceptors (Lipinski definition) is 3. The normalized spacial score (nSPS) is 19.6. The lowest BCUT2D eigenvalue weighted by Gasteiger charge is -2.35. The van der Waals surface area contributed by atoms with Crippen LogP contribution in [-0.4, -0.2) is 42.6 Å². The fraction of sp³-hybridized carbons (Fsp3) is 0.533. The van der Waals surface area contributed by atoms with Gasteiger partial charge in [0.25, 0.3) is 5.91 Å². The van der Waals surface area contributed by atoms with Crippen molar-refractivity contribution in [2.75, 3.05) is 19.6 Å². The Morgan fingerprint density at radius 3 is 2.86 bits per heavy atom. The molecule has 1 amide bonds. The quantitative estimate of drug-likeness (QED) is 0.925. The molecule has 6 heteroatoms. The number of halogens is 2. The first-order valence-corrected chi connectivity index (χ1v) is 7.31. The zero-order valence-electron chi connectivity index (χ0n) is 12.6. The fourth-order valence-electron chi connectivity index (χ4n) is 2.39. The third-order valence-electron chi connectivity index (χ3n) is 3.57. The minimum absolute atomic E-state index is 0. The number of piperazine rings is 1. The highest BCUT2D eigenvalue weighted by Crippen LogP contribution is 2.23. The maximum absolute atomic E-state index is 12.4. The van der Waals surface area contributed by atoms with Gasteiger partial charge in [0.1, 0.15) is 5.75 Å². The van der Waals surface area contributed by atoms with Gasteiger partial charge >= 0.3 is 0 Å². The molecular weight excluding hydrogens is 311 g/mol. The van der Waals surface area contributed by atoms with E-state index < -0.39 is 6.10 Å². The van der Waals surface area contributed by atoms with E-state index >= 15 is 0 Å². The Bertz CT molecular complexity index is 497. The molecule has 1 saturated heterocycles. The number of ether oxygens (including phenoxy) is 1. The van der Waals surface area contributed by atoms with Crippen LogP contribution in [0.2, 0.25) is 5.02 Å². The highest BCUT2D eigenvalue weighted by atomic mass is 35.5. The summed E-state index contributed by atoms with van der Waals surface area (Å²) >= 11 is 5.92. The van der Waals surface area contributed by atoms with Crippen LogP contribution in [0, 0.1) is 6.92 Å². The second kappa shape index (κ2) is 7.87. The SMILES string of the molecule is Cc1cc(Cl)ccc1OC(C)C(=O)N1CCNC[C@H]1C.Cl. The Morgan fingerprint density at radius 1 is 1.52 bits per heavy atom. The van der Waals surface area contributed by atoms with Crippen molar-refractivity contribution < 1.29 is 9.53 Å². The van der Waals surface area contributed by atoms with Crippen LogP contribution in [0.15, 0.2) is 18.2 Å². The van der Waals surface area contributed by atoms with Crippen molar-refractivity contribution in [2.24, 2.45) is 0 Å². The van der Waals surface area contributed by atoms with E-state index in [9.17, 15) is 4.79 Å². The topological polar surface area (TPSA) is 41.6 Å². The maximum Gasteiger partial charge on any atom is 0.263 e. The van der Waals surface area contributed by atoms with Gasteiger partial charge in [-0.1, -0.05) is 11.6 Å². The van der Waals surface area contributed by atoms with Gasteiger partial charge in [-0.3, -0.25) is 4.79 Å². The molecule has 0 bridgehead atoms. The molecule has 1 aliphatic heterocycles. The smallest absolute Gasteiger partial charge is 0.263 e. The lowest BCUT2D eigenvalue weighted by atomic mass is 10.2. The molecule has 1 N–H and O–H groups in total. The minimum Gasteiger partial charge on any atom is -0.481 e. The van der Waals surface area contributed by atoms with Gasteiger partial charge in [0.15, 0.2) is 6.10 Å². The summed E-state index contributed by atoms with van der Waals surface area (Å²) < 4.78 is 5.79. The van der Waals surface area contributed by atoms with Crippen LogP contribution in [0.3, 0.4) is 0 Å². The van der Waals surface area contributed by atoms with E-state index in [1.165, 1.54) is 0 Å². The van der Waals surface area contributed by atoms with Crippen molar-refractivity contribution in [1.82, 2.24) is 10.2 Å². The summed E-state index contributed by atoms with van der Waals surface area (Å²) in [6, 6.07) is 5.62. The van der Waals surface area contributed by atoms with Crippen molar-refractivity contribution >= 4 is 29.9 Å². The highest BCUT2D eigenvalue weighted by molar-refractivity contribution is 6.30. The van der Waals surface area contributed by atoms with Gasteiger partial charge in [-0.05, 0) is 44.5 Å². The largest absolute Gasteiger partial charge is 0.481 e. The molecule has 1 aromatic carbocycles. The van der Waals surface area contributed by atoms with Crippen molar-refractivity contribution in [1.29, 1.82) is 0 Å². The Hall–Kier alpha value is -0.970. The lowest BCUT2D eigenvalue weighted by molar-refractivity contribution is -0.140. The van der Waals surface area contributed by atoms with Crippen LogP contribution in [0.5, 0.6) is 5.75 Å². The van der Waals surface area contributed by atoms with Gasteiger partial charge < -0.3 is 15.0 Å². The molecule has 118 valence electrons. The summed E-state index contributed by atoms with van der Waals surface area (Å²) in [5.74, 6) is 0.742. The predicted octanol–water partition coefficient (Wildman–Crippen LogP) is 2.66. The zero-order chi connectivity index (χ0) is 14.7. The number of carbonyl (C=O) groups excluding carboxylic acids is 1. The van der Waals surface area contributed by atoms with Crippen LogP contribution >= 0.6 is 24.0 Å². The van der Waals surface area contributed by atoms with Gasteiger partial charge in [-0.25, -0.2) is 0 Å². The predicted molar refractivity (Wildman–Crippen MR) is 87.6 cm³/mol. The number of nitrogens with zero attached hydrogens (tertiary/aromatic N) is 1. The number of benzene rings is 1. The molecule has 1 aromatic rings. The molecule has 1 aliphatic rings. The number of rotatable bonds is 3. The van der Waals surface area contributed by atoms with Gasteiger partial charge in [-0.15, -0.1) is 12.4 Å². The molecule has 4 nitrogen and oxygen atoms in total. The molecule has 0 aromatic heterocycles. The van der Waals surface area contributed by atoms with Crippen molar-refractivity contribution in [2.45, 2.75) is 32.9 Å². The van der Waals surface area contributed by atoms with Gasteiger partial charge in [0.2, 0.25) is 0 Å². The second-order valence-electron chi connectivity index (χ2n) is 5.25. The van der Waals surface area contributed by atoms with Crippen LogP contribution in [0.25, 0.3) is 0 Å². The van der Waals surface area contributed by atoms with E-state index in [2.05, 4.69) is 5.32 Å². The Labute approximate surface area is 137 Å². The van der Waals surface area contributed by atoms with E-state index in [1.54, 1.807) is 13.0 Å². The summed E-state index contributed by atoms with van der Waals surface area (Å²) in [5, 5.41) is 3.94. The van der Waals surface area contributed by atoms with Crippen molar-refractivity contribution in [3.63, 3.8) is 0 Å². The first kappa shape index (κ1) is 18.1. The number of carbonyl (C=O) groups is 1. The molecule has 0 saturated carbocycles. The second-order valence-corrected chi connectivity index (χ2v) is 5.69. The number of aryl methyl sites for hydroxylation is 1. The van der Waals surface area contributed by atoms with Gasteiger partial charge in [0, 0.05) is 30.7 Å².